The summed E-state index contributed by atoms with van der Waals surface area (Å²) >= 11 is 40.2. The highest BCUT2D eigenvalue weighted by atomic mass is 35.6. The van der Waals surface area contributed by atoms with Crippen LogP contribution in [0.25, 0.3) is 11.4 Å². The van der Waals surface area contributed by atoms with Gasteiger partial charge in [0, 0.05) is 38.5 Å². The van der Waals surface area contributed by atoms with Gasteiger partial charge in [-0.2, -0.15) is 0 Å². The molecule has 3 rings (SSSR count). The molecule has 0 aliphatic heterocycles. The molecule has 2 aromatic carbocycles. The lowest BCUT2D eigenvalue weighted by molar-refractivity contribution is 0.140. The van der Waals surface area contributed by atoms with Gasteiger partial charge in [-0.25, -0.2) is 15.0 Å². The van der Waals surface area contributed by atoms with Gasteiger partial charge in [-0.15, -0.1) is 11.6 Å². The second kappa shape index (κ2) is 14.1. The maximum Gasteiger partial charge on any atom is 0.536 e. The summed E-state index contributed by atoms with van der Waals surface area (Å²) in [4.78, 5) is 12.4. The van der Waals surface area contributed by atoms with E-state index in [1.165, 1.54) is 6.38 Å². The van der Waals surface area contributed by atoms with E-state index in [9.17, 15) is 0 Å². The van der Waals surface area contributed by atoms with Gasteiger partial charge in [-0.1, -0.05) is 93.9 Å². The van der Waals surface area contributed by atoms with Gasteiger partial charge in [-0.05, 0) is 29.8 Å². The summed E-state index contributed by atoms with van der Waals surface area (Å²) in [5, 5.41) is 0.846. The molecule has 0 saturated carbocycles. The van der Waals surface area contributed by atoms with Crippen molar-refractivity contribution in [1.82, 2.24) is 15.0 Å². The molecule has 0 radical (unpaired) electrons. The molecule has 1 aromatic heterocycles. The summed E-state index contributed by atoms with van der Waals surface area (Å²) in [7, 11) is 1.81. The van der Waals surface area contributed by atoms with Crippen LogP contribution in [0, 0.1) is 0 Å². The first-order chi connectivity index (χ1) is 17.4. The van der Waals surface area contributed by atoms with Crippen LogP contribution in [0.1, 0.15) is 17.2 Å². The largest absolute Gasteiger partial charge is 0.536 e. The molecule has 0 aliphatic carbocycles. The Labute approximate surface area is 251 Å². The number of hydrogen-bond acceptors (Lipinski definition) is 7. The van der Waals surface area contributed by atoms with Crippen molar-refractivity contribution in [2.24, 2.45) is 0 Å². The molecule has 37 heavy (non-hydrogen) atoms. The van der Waals surface area contributed by atoms with Crippen molar-refractivity contribution in [1.29, 1.82) is 0 Å². The first-order valence-electron chi connectivity index (χ1n) is 10.2. The van der Waals surface area contributed by atoms with Crippen molar-refractivity contribution < 1.29 is 18.0 Å². The Balaban J connectivity index is 0.00000235. The maximum atomic E-state index is 5.93. The van der Waals surface area contributed by atoms with E-state index in [1.807, 2.05) is 24.3 Å². The Morgan fingerprint density at radius 1 is 0.676 bits per heavy atom. The number of hydrogen-bond donors (Lipinski definition) is 0. The normalized spacial score (nSPS) is 12.1. The molecular formula is C22H22Cl7N3O4Si. The third-order valence-electron chi connectivity index (χ3n) is 4.77. The molecule has 0 atom stereocenters. The van der Waals surface area contributed by atoms with Gasteiger partial charge >= 0.3 is 8.80 Å². The molecule has 7 nitrogen and oxygen atoms in total. The number of halogens is 7. The number of benzene rings is 2. The minimum Gasteiger partial charge on any atom is -0.489 e. The summed E-state index contributed by atoms with van der Waals surface area (Å²) in [6.07, 6.45) is 1.47. The van der Waals surface area contributed by atoms with Gasteiger partial charge < -0.3 is 18.0 Å². The Kier molecular flexibility index (Phi) is 12.5. The second-order valence-corrected chi connectivity index (χ2v) is 14.5. The highest BCUT2D eigenvalue weighted by Crippen LogP contribution is 2.40. The minimum absolute atomic E-state index is 0.167. The molecule has 0 unspecified atom stereocenters. The lowest BCUT2D eigenvalue weighted by atomic mass is 10.2. The number of aromatic nitrogens is 3. The van der Waals surface area contributed by atoms with Gasteiger partial charge in [0.25, 0.3) is 0 Å². The average Bonchev–Trinajstić information content (AvgIpc) is 2.90. The fraction of sp³-hybridized carbons (Fsp3) is 0.318. The first-order valence-corrected chi connectivity index (χ1v) is 14.9. The topological polar surface area (TPSA) is 75.6 Å². The standard InChI is InChI=1S/C21H19Cl6N3O4Si.CH3Cl/c1-31-35(32-2,33-3)16-10-4-13(5-11-16)12-34-15-8-6-14(7-9-15)17-28-18(20(22,23)24)30-19(29-17)21(25,26)27;1-2/h4-11H,12H2,1-3H3;1H3. The van der Waals surface area contributed by atoms with E-state index in [4.69, 9.17) is 87.6 Å². The van der Waals surface area contributed by atoms with Crippen LogP contribution in [-0.4, -0.2) is 51.5 Å². The molecule has 3 aromatic rings. The first kappa shape index (κ1) is 32.6. The van der Waals surface area contributed by atoms with E-state index < -0.39 is 16.4 Å². The molecule has 15 heteroatoms. The summed E-state index contributed by atoms with van der Waals surface area (Å²) in [5.41, 5.74) is 1.52. The molecule has 0 amide bonds. The van der Waals surface area contributed by atoms with Crippen LogP contribution < -0.4 is 9.92 Å². The van der Waals surface area contributed by atoms with Gasteiger partial charge in [0.2, 0.25) is 7.59 Å². The van der Waals surface area contributed by atoms with Crippen LogP contribution in [0.15, 0.2) is 48.5 Å². The third kappa shape index (κ3) is 8.68. The fourth-order valence-electron chi connectivity index (χ4n) is 3.03. The summed E-state index contributed by atoms with van der Waals surface area (Å²) in [6.45, 7) is 0.335. The van der Waals surface area contributed by atoms with E-state index in [0.29, 0.717) is 17.9 Å². The van der Waals surface area contributed by atoms with E-state index in [2.05, 4.69) is 26.6 Å². The second-order valence-electron chi connectivity index (χ2n) is 6.98. The van der Waals surface area contributed by atoms with Crippen LogP contribution >= 0.6 is 81.2 Å². The highest BCUT2D eigenvalue weighted by molar-refractivity contribution is 6.75. The van der Waals surface area contributed by atoms with Crippen LogP contribution in [0.2, 0.25) is 0 Å². The lowest BCUT2D eigenvalue weighted by Crippen LogP contribution is -2.54. The minimum atomic E-state index is -2.88. The van der Waals surface area contributed by atoms with Crippen LogP contribution in [-0.2, 0) is 27.5 Å². The van der Waals surface area contributed by atoms with Crippen LogP contribution in [0.3, 0.4) is 0 Å². The Hall–Kier alpha value is -0.623. The van der Waals surface area contributed by atoms with E-state index in [1.54, 1.807) is 45.6 Å². The lowest BCUT2D eigenvalue weighted by Gasteiger charge is -2.24. The molecule has 1 heterocycles. The zero-order valence-electron chi connectivity index (χ0n) is 19.9. The Morgan fingerprint density at radius 3 is 1.54 bits per heavy atom. The monoisotopic (exact) mass is 665 g/mol. The number of nitrogens with zero attached hydrogens (tertiary/aromatic N) is 3. The van der Waals surface area contributed by atoms with Crippen molar-refractivity contribution in [3.05, 3.63) is 65.7 Å². The van der Waals surface area contributed by atoms with Crippen molar-refractivity contribution in [3.63, 3.8) is 0 Å². The summed E-state index contributed by atoms with van der Waals surface area (Å²) < 4.78 is 18.5. The smallest absolute Gasteiger partial charge is 0.489 e. The van der Waals surface area contributed by atoms with Crippen molar-refractivity contribution >= 4 is 95.2 Å². The van der Waals surface area contributed by atoms with Gasteiger partial charge in [0.15, 0.2) is 17.5 Å². The molecule has 0 bridgehead atoms. The van der Waals surface area contributed by atoms with Crippen molar-refractivity contribution in [3.8, 4) is 17.1 Å². The molecule has 0 N–H and O–H groups in total. The molecule has 0 aliphatic rings. The third-order valence-corrected chi connectivity index (χ3v) is 8.44. The molecule has 0 saturated heterocycles. The van der Waals surface area contributed by atoms with E-state index >= 15 is 0 Å². The number of rotatable bonds is 8. The summed E-state index contributed by atoms with van der Waals surface area (Å²) in [6, 6.07) is 14.6. The zero-order chi connectivity index (χ0) is 27.9. The van der Waals surface area contributed by atoms with Gasteiger partial charge in [0.1, 0.15) is 12.4 Å². The number of alkyl halides is 7. The molecule has 0 spiro atoms. The maximum absolute atomic E-state index is 5.93. The quantitative estimate of drug-likeness (QED) is 0.195. The number of ether oxygens (including phenoxy) is 1. The zero-order valence-corrected chi connectivity index (χ0v) is 26.2. The molecule has 0 fully saturated rings. The van der Waals surface area contributed by atoms with E-state index in [0.717, 1.165) is 10.8 Å². The van der Waals surface area contributed by atoms with Crippen LogP contribution in [0.4, 0.5) is 0 Å². The van der Waals surface area contributed by atoms with Gasteiger partial charge in [-0.3, -0.25) is 0 Å². The highest BCUT2D eigenvalue weighted by Gasteiger charge is 2.40. The SMILES string of the molecule is CCl.CO[Si](OC)(OC)c1ccc(COc2ccc(-c3nc(C(Cl)(Cl)Cl)nc(C(Cl)(Cl)Cl)n3)cc2)cc1. The molecular weight excluding hydrogens is 647 g/mol. The summed E-state index contributed by atoms with van der Waals surface area (Å²) in [5.74, 6) is 0.455. The van der Waals surface area contributed by atoms with E-state index in [-0.39, 0.29) is 17.5 Å². The Morgan fingerprint density at radius 2 is 1.14 bits per heavy atom. The van der Waals surface area contributed by atoms with Crippen LogP contribution in [0.5, 0.6) is 5.75 Å². The van der Waals surface area contributed by atoms with Gasteiger partial charge in [0.05, 0.1) is 0 Å². The van der Waals surface area contributed by atoms with Crippen molar-refractivity contribution in [2.75, 3.05) is 27.7 Å². The predicted octanol–water partition coefficient (Wildman–Crippen LogP) is 6.71. The van der Waals surface area contributed by atoms with Crippen molar-refractivity contribution in [2.45, 2.75) is 14.2 Å². The fourth-order valence-corrected chi connectivity index (χ4v) is 5.32. The predicted molar refractivity (Wildman–Crippen MR) is 153 cm³/mol. The Bertz CT molecular complexity index is 1100. The molecule has 202 valence electrons. The average molecular weight is 669 g/mol.